The molecule has 0 aliphatic carbocycles. The number of nitrogens with zero attached hydrogens (tertiary/aromatic N) is 2. The first-order valence-electron chi connectivity index (χ1n) is 9.89. The summed E-state index contributed by atoms with van der Waals surface area (Å²) in [7, 11) is 1.72. The Morgan fingerprint density at radius 1 is 1.07 bits per heavy atom. The molecule has 1 aromatic carbocycles. The highest BCUT2D eigenvalue weighted by Gasteiger charge is 2.27. The smallest absolute Gasteiger partial charge is 0.191 e. The minimum Gasteiger partial charge on any atom is -0.380 e. The Morgan fingerprint density at radius 2 is 1.70 bits per heavy atom. The molecular weight excluding hydrogens is 451 g/mol. The van der Waals surface area contributed by atoms with Gasteiger partial charge in [-0.3, -0.25) is 4.90 Å². The fourth-order valence-electron chi connectivity index (χ4n) is 3.33. The molecule has 0 amide bonds. The predicted octanol–water partition coefficient (Wildman–Crippen LogP) is 3.77. The molecule has 2 rings (SSSR count). The van der Waals surface area contributed by atoms with E-state index in [2.05, 4.69) is 60.6 Å². The predicted molar refractivity (Wildman–Crippen MR) is 125 cm³/mol. The Labute approximate surface area is 182 Å². The summed E-state index contributed by atoms with van der Waals surface area (Å²) >= 11 is 0. The number of benzene rings is 1. The first-order chi connectivity index (χ1) is 12.5. The average Bonchev–Trinajstić information content (AvgIpc) is 2.66. The molecule has 6 heteroatoms. The van der Waals surface area contributed by atoms with Crippen LogP contribution in [0.3, 0.4) is 0 Å². The van der Waals surface area contributed by atoms with Crippen LogP contribution >= 0.6 is 24.0 Å². The molecule has 1 aromatic rings. The summed E-state index contributed by atoms with van der Waals surface area (Å²) in [4.78, 5) is 7.35. The van der Waals surface area contributed by atoms with Gasteiger partial charge >= 0.3 is 0 Å². The van der Waals surface area contributed by atoms with Gasteiger partial charge in [-0.25, -0.2) is 4.99 Å². The lowest BCUT2D eigenvalue weighted by atomic mass is 9.98. The van der Waals surface area contributed by atoms with Crippen molar-refractivity contribution in [2.24, 2.45) is 4.99 Å². The fourth-order valence-corrected chi connectivity index (χ4v) is 3.33. The number of ether oxygens (including phenoxy) is 1. The van der Waals surface area contributed by atoms with E-state index < -0.39 is 0 Å². The van der Waals surface area contributed by atoms with Crippen LogP contribution in [0.25, 0.3) is 0 Å². The molecule has 0 unspecified atom stereocenters. The van der Waals surface area contributed by atoms with E-state index in [0.717, 1.165) is 19.0 Å². The zero-order chi connectivity index (χ0) is 18.8. The lowest BCUT2D eigenvalue weighted by molar-refractivity contribution is 0.0982. The Hall–Kier alpha value is -0.860. The van der Waals surface area contributed by atoms with Crippen LogP contribution in [-0.2, 0) is 17.9 Å². The van der Waals surface area contributed by atoms with Crippen molar-refractivity contribution in [3.63, 3.8) is 0 Å². The van der Waals surface area contributed by atoms with E-state index in [1.807, 2.05) is 0 Å². The lowest BCUT2D eigenvalue weighted by Gasteiger charge is -2.41. The summed E-state index contributed by atoms with van der Waals surface area (Å²) in [6.07, 6.45) is 4.00. The molecule has 5 nitrogen and oxygen atoms in total. The summed E-state index contributed by atoms with van der Waals surface area (Å²) in [5.41, 5.74) is 2.53. The summed E-state index contributed by atoms with van der Waals surface area (Å²) in [5.74, 6) is 0.888. The van der Waals surface area contributed by atoms with Gasteiger partial charge in [0.1, 0.15) is 0 Å². The second kappa shape index (κ2) is 12.6. The number of halogens is 1. The Bertz CT molecular complexity index is 554. The van der Waals surface area contributed by atoms with Crippen LogP contribution in [-0.4, -0.2) is 49.7 Å². The molecule has 0 radical (unpaired) electrons. The largest absolute Gasteiger partial charge is 0.380 e. The Balaban J connectivity index is 0.00000364. The molecule has 0 saturated carbocycles. The van der Waals surface area contributed by atoms with E-state index >= 15 is 0 Å². The number of methoxy groups -OCH3 is 1. The number of aliphatic imine (C=N–C) groups is 1. The maximum Gasteiger partial charge on any atom is 0.191 e. The monoisotopic (exact) mass is 488 g/mol. The van der Waals surface area contributed by atoms with Crippen molar-refractivity contribution < 1.29 is 4.74 Å². The van der Waals surface area contributed by atoms with Crippen molar-refractivity contribution in [2.45, 2.75) is 58.7 Å². The molecule has 0 spiro atoms. The summed E-state index contributed by atoms with van der Waals surface area (Å²) < 4.78 is 5.16. The second-order valence-electron chi connectivity index (χ2n) is 7.66. The second-order valence-corrected chi connectivity index (χ2v) is 7.66. The van der Waals surface area contributed by atoms with Crippen molar-refractivity contribution in [3.8, 4) is 0 Å². The minimum atomic E-state index is 0. The average molecular weight is 488 g/mol. The van der Waals surface area contributed by atoms with E-state index in [1.165, 1.54) is 43.5 Å². The summed E-state index contributed by atoms with van der Waals surface area (Å²) in [6, 6.07) is 8.46. The fraction of sp³-hybridized carbons (Fsp3) is 0.667. The molecule has 1 aliphatic rings. The van der Waals surface area contributed by atoms with E-state index in [1.54, 1.807) is 7.11 Å². The standard InChI is InChI=1S/C21H36N4O.HI/c1-5-22-20(23-15-18-9-11-19(12-10-18)16-26-4)24-17-21(2,3)25-13-7-6-8-14-25;/h9-12H,5-8,13-17H2,1-4H3,(H2,22,23,24);1H. The van der Waals surface area contributed by atoms with Gasteiger partial charge in [0.25, 0.3) is 0 Å². The molecule has 27 heavy (non-hydrogen) atoms. The van der Waals surface area contributed by atoms with Gasteiger partial charge in [0.05, 0.1) is 13.2 Å². The van der Waals surface area contributed by atoms with Crippen molar-refractivity contribution in [1.29, 1.82) is 0 Å². The van der Waals surface area contributed by atoms with Crippen LogP contribution < -0.4 is 10.6 Å². The number of piperidine rings is 1. The zero-order valence-corrected chi connectivity index (χ0v) is 19.7. The van der Waals surface area contributed by atoms with E-state index in [0.29, 0.717) is 13.2 Å². The number of guanidine groups is 1. The number of hydrogen-bond acceptors (Lipinski definition) is 3. The van der Waals surface area contributed by atoms with E-state index in [4.69, 9.17) is 9.73 Å². The molecule has 154 valence electrons. The van der Waals surface area contributed by atoms with Gasteiger partial charge in [-0.2, -0.15) is 0 Å². The van der Waals surface area contributed by atoms with Crippen LogP contribution in [0, 0.1) is 0 Å². The summed E-state index contributed by atoms with van der Waals surface area (Å²) in [6.45, 7) is 12.2. The number of hydrogen-bond donors (Lipinski definition) is 2. The van der Waals surface area contributed by atoms with Gasteiger partial charge in [0, 0.05) is 25.7 Å². The highest BCUT2D eigenvalue weighted by atomic mass is 127. The van der Waals surface area contributed by atoms with Gasteiger partial charge in [-0.15, -0.1) is 24.0 Å². The third-order valence-electron chi connectivity index (χ3n) is 5.00. The van der Waals surface area contributed by atoms with Crippen molar-refractivity contribution in [1.82, 2.24) is 15.5 Å². The SMILES string of the molecule is CCNC(=NCc1ccc(COC)cc1)NCC(C)(C)N1CCCCC1.I. The highest BCUT2D eigenvalue weighted by molar-refractivity contribution is 14.0. The minimum absolute atomic E-state index is 0. The molecular formula is C21H37IN4O. The summed E-state index contributed by atoms with van der Waals surface area (Å²) in [5, 5.41) is 6.90. The van der Waals surface area contributed by atoms with Crippen LogP contribution in [0.2, 0.25) is 0 Å². The quantitative estimate of drug-likeness (QED) is 0.332. The van der Waals surface area contributed by atoms with Crippen LogP contribution in [0.15, 0.2) is 29.3 Å². The molecule has 0 bridgehead atoms. The number of nitrogens with one attached hydrogen (secondary N) is 2. The number of likely N-dealkylation sites (tertiary alicyclic amines) is 1. The van der Waals surface area contributed by atoms with Gasteiger partial charge in [-0.1, -0.05) is 30.7 Å². The molecule has 1 saturated heterocycles. The van der Waals surface area contributed by atoms with E-state index in [9.17, 15) is 0 Å². The van der Waals surface area contributed by atoms with Crippen molar-refractivity contribution >= 4 is 29.9 Å². The van der Waals surface area contributed by atoms with Crippen LogP contribution in [0.1, 0.15) is 51.2 Å². The molecule has 2 N–H and O–H groups in total. The molecule has 1 fully saturated rings. The third kappa shape index (κ3) is 8.35. The molecule has 0 aromatic heterocycles. The first kappa shape index (κ1) is 24.2. The first-order valence-corrected chi connectivity index (χ1v) is 9.89. The van der Waals surface area contributed by atoms with Gasteiger partial charge in [0.2, 0.25) is 0 Å². The topological polar surface area (TPSA) is 48.9 Å². The van der Waals surface area contributed by atoms with Gasteiger partial charge in [0.15, 0.2) is 5.96 Å². The zero-order valence-electron chi connectivity index (χ0n) is 17.4. The van der Waals surface area contributed by atoms with Crippen molar-refractivity contribution in [2.75, 3.05) is 33.3 Å². The molecule has 1 aliphatic heterocycles. The number of rotatable bonds is 8. The highest BCUT2D eigenvalue weighted by Crippen LogP contribution is 2.19. The van der Waals surface area contributed by atoms with Gasteiger partial charge < -0.3 is 15.4 Å². The third-order valence-corrected chi connectivity index (χ3v) is 5.00. The van der Waals surface area contributed by atoms with Gasteiger partial charge in [-0.05, 0) is 57.8 Å². The molecule has 1 heterocycles. The molecule has 0 atom stereocenters. The Kier molecular flexibility index (Phi) is 11.3. The normalized spacial score (nSPS) is 15.9. The maximum atomic E-state index is 5.16. The Morgan fingerprint density at radius 3 is 2.30 bits per heavy atom. The maximum absolute atomic E-state index is 5.16. The van der Waals surface area contributed by atoms with Crippen LogP contribution in [0.5, 0.6) is 0 Å². The van der Waals surface area contributed by atoms with E-state index in [-0.39, 0.29) is 29.5 Å². The van der Waals surface area contributed by atoms with Crippen molar-refractivity contribution in [3.05, 3.63) is 35.4 Å². The lowest BCUT2D eigenvalue weighted by Crippen LogP contribution is -2.54. The van der Waals surface area contributed by atoms with Crippen LogP contribution in [0.4, 0.5) is 0 Å².